The summed E-state index contributed by atoms with van der Waals surface area (Å²) in [5.41, 5.74) is 0.191. The number of amides is 2. The third-order valence-corrected chi connectivity index (χ3v) is 4.81. The molecule has 0 spiro atoms. The van der Waals surface area contributed by atoms with Gasteiger partial charge in [-0.2, -0.15) is 0 Å². The topological polar surface area (TPSA) is 53.5 Å². The molecule has 1 aromatic heterocycles. The van der Waals surface area contributed by atoms with Gasteiger partial charge in [0.25, 0.3) is 5.91 Å². The lowest BCUT2D eigenvalue weighted by atomic mass is 10.2. The van der Waals surface area contributed by atoms with Crippen molar-refractivity contribution in [1.29, 1.82) is 0 Å². The molecule has 2 amide bonds. The van der Waals surface area contributed by atoms with Crippen molar-refractivity contribution in [2.45, 2.75) is 18.9 Å². The molecule has 0 radical (unpaired) electrons. The van der Waals surface area contributed by atoms with E-state index in [0.29, 0.717) is 11.6 Å². The van der Waals surface area contributed by atoms with Gasteiger partial charge in [0.15, 0.2) is 0 Å². The molecule has 3 rings (SSSR count). The van der Waals surface area contributed by atoms with Crippen molar-refractivity contribution in [3.05, 3.63) is 29.8 Å². The van der Waals surface area contributed by atoms with Crippen LogP contribution >= 0.6 is 11.8 Å². The van der Waals surface area contributed by atoms with E-state index in [1.807, 2.05) is 4.90 Å². The van der Waals surface area contributed by atoms with Crippen molar-refractivity contribution in [2.75, 3.05) is 24.7 Å². The van der Waals surface area contributed by atoms with Crippen LogP contribution in [-0.4, -0.2) is 57.4 Å². The summed E-state index contributed by atoms with van der Waals surface area (Å²) in [7, 11) is 0. The summed E-state index contributed by atoms with van der Waals surface area (Å²) in [6, 6.07) is 0.722. The number of hydrogen-bond acceptors (Lipinski definition) is 4. The molecule has 0 aromatic carbocycles. The highest BCUT2D eigenvalue weighted by molar-refractivity contribution is 7.99. The lowest BCUT2D eigenvalue weighted by Gasteiger charge is -2.27. The van der Waals surface area contributed by atoms with Gasteiger partial charge in [0, 0.05) is 25.0 Å². The molecule has 5 nitrogen and oxygen atoms in total. The maximum absolute atomic E-state index is 13.2. The molecule has 0 aliphatic carbocycles. The molecule has 3 heterocycles. The zero-order valence-electron chi connectivity index (χ0n) is 11.5. The predicted molar refractivity (Wildman–Crippen MR) is 77.3 cm³/mol. The third-order valence-electron chi connectivity index (χ3n) is 3.80. The Morgan fingerprint density at radius 3 is 2.76 bits per heavy atom. The van der Waals surface area contributed by atoms with Gasteiger partial charge in [-0.15, -0.1) is 11.8 Å². The van der Waals surface area contributed by atoms with Crippen molar-refractivity contribution < 1.29 is 14.0 Å². The number of likely N-dealkylation sites (tertiary alicyclic amines) is 1. The lowest BCUT2D eigenvalue weighted by Crippen LogP contribution is -2.48. The predicted octanol–water partition coefficient (Wildman–Crippen LogP) is 1.36. The van der Waals surface area contributed by atoms with E-state index in [-0.39, 0.29) is 17.4 Å². The van der Waals surface area contributed by atoms with Gasteiger partial charge in [-0.05, 0) is 18.9 Å². The van der Waals surface area contributed by atoms with Gasteiger partial charge in [0.05, 0.1) is 17.6 Å². The van der Waals surface area contributed by atoms with E-state index in [1.54, 1.807) is 11.8 Å². The first kappa shape index (κ1) is 14.3. The van der Waals surface area contributed by atoms with Crippen molar-refractivity contribution >= 4 is 23.6 Å². The maximum atomic E-state index is 13.2. The van der Waals surface area contributed by atoms with Crippen LogP contribution in [0, 0.1) is 5.82 Å². The zero-order valence-corrected chi connectivity index (χ0v) is 12.3. The van der Waals surface area contributed by atoms with Crippen LogP contribution in [-0.2, 0) is 4.79 Å². The first-order chi connectivity index (χ1) is 10.2. The second-order valence-corrected chi connectivity index (χ2v) is 6.21. The van der Waals surface area contributed by atoms with Crippen LogP contribution < -0.4 is 0 Å². The highest BCUT2D eigenvalue weighted by Gasteiger charge is 2.38. The van der Waals surface area contributed by atoms with Gasteiger partial charge in [0.1, 0.15) is 11.9 Å². The minimum atomic E-state index is -0.546. The molecule has 0 saturated carbocycles. The summed E-state index contributed by atoms with van der Waals surface area (Å²) >= 11 is 1.55. The molecule has 0 N–H and O–H groups in total. The monoisotopic (exact) mass is 309 g/mol. The molecule has 112 valence electrons. The third kappa shape index (κ3) is 2.88. The fraction of sp³-hybridized carbons (Fsp3) is 0.500. The van der Waals surface area contributed by atoms with E-state index in [2.05, 4.69) is 4.98 Å². The fourth-order valence-electron chi connectivity index (χ4n) is 2.69. The standard InChI is InChI=1S/C14H16FN3O2S/c15-11-5-10(6-16-7-11)13(19)18-9-21-8-12(18)14(20)17-3-1-2-4-17/h5-7,12H,1-4,8-9H2/t12-/m0/s1. The van der Waals surface area contributed by atoms with E-state index in [9.17, 15) is 14.0 Å². The van der Waals surface area contributed by atoms with E-state index in [1.165, 1.54) is 11.1 Å². The van der Waals surface area contributed by atoms with E-state index < -0.39 is 11.9 Å². The summed E-state index contributed by atoms with van der Waals surface area (Å²) < 4.78 is 13.2. The molecular formula is C14H16FN3O2S. The van der Waals surface area contributed by atoms with Crippen molar-refractivity contribution in [2.24, 2.45) is 0 Å². The molecule has 2 aliphatic rings. The van der Waals surface area contributed by atoms with E-state index >= 15 is 0 Å². The van der Waals surface area contributed by atoms with Gasteiger partial charge in [-0.3, -0.25) is 14.6 Å². The average molecular weight is 309 g/mol. The number of carbonyl (C=O) groups excluding carboxylic acids is 2. The summed E-state index contributed by atoms with van der Waals surface area (Å²) in [5.74, 6) is 0.193. The molecule has 1 atom stereocenters. The number of hydrogen-bond donors (Lipinski definition) is 0. The van der Waals surface area contributed by atoms with Gasteiger partial charge in [0.2, 0.25) is 5.91 Å². The van der Waals surface area contributed by atoms with Gasteiger partial charge in [-0.1, -0.05) is 0 Å². The Labute approximate surface area is 126 Å². The Kier molecular flexibility index (Phi) is 4.10. The molecule has 2 saturated heterocycles. The van der Waals surface area contributed by atoms with Crippen molar-refractivity contribution in [3.8, 4) is 0 Å². The van der Waals surface area contributed by atoms with Crippen molar-refractivity contribution in [1.82, 2.24) is 14.8 Å². The first-order valence-electron chi connectivity index (χ1n) is 6.95. The molecule has 2 fully saturated rings. The molecule has 7 heteroatoms. The van der Waals surface area contributed by atoms with Crippen molar-refractivity contribution in [3.63, 3.8) is 0 Å². The maximum Gasteiger partial charge on any atom is 0.256 e. The Morgan fingerprint density at radius 1 is 1.29 bits per heavy atom. The Morgan fingerprint density at radius 2 is 2.05 bits per heavy atom. The minimum Gasteiger partial charge on any atom is -0.341 e. The number of aromatic nitrogens is 1. The van der Waals surface area contributed by atoms with Crippen LogP contribution in [0.3, 0.4) is 0 Å². The highest BCUT2D eigenvalue weighted by atomic mass is 32.2. The van der Waals surface area contributed by atoms with Crippen LogP contribution in [0.2, 0.25) is 0 Å². The number of carbonyl (C=O) groups is 2. The summed E-state index contributed by atoms with van der Waals surface area (Å²) in [5, 5.41) is 0. The molecule has 0 unspecified atom stereocenters. The Bertz CT molecular complexity index is 563. The first-order valence-corrected chi connectivity index (χ1v) is 8.10. The zero-order chi connectivity index (χ0) is 14.8. The number of pyridine rings is 1. The number of thioether (sulfide) groups is 1. The lowest BCUT2D eigenvalue weighted by molar-refractivity contribution is -0.133. The van der Waals surface area contributed by atoms with Crippen LogP contribution in [0.1, 0.15) is 23.2 Å². The molecular weight excluding hydrogens is 293 g/mol. The minimum absolute atomic E-state index is 0.00946. The van der Waals surface area contributed by atoms with Gasteiger partial charge in [-0.25, -0.2) is 4.39 Å². The number of nitrogens with zero attached hydrogens (tertiary/aromatic N) is 3. The second-order valence-electron chi connectivity index (χ2n) is 5.21. The molecule has 1 aromatic rings. The summed E-state index contributed by atoms with van der Waals surface area (Å²) in [6.45, 7) is 1.53. The van der Waals surface area contributed by atoms with Gasteiger partial charge < -0.3 is 9.80 Å². The smallest absolute Gasteiger partial charge is 0.256 e. The molecule has 21 heavy (non-hydrogen) atoms. The van der Waals surface area contributed by atoms with E-state index in [4.69, 9.17) is 0 Å². The average Bonchev–Trinajstić information content (AvgIpc) is 3.17. The second kappa shape index (κ2) is 6.01. The van der Waals surface area contributed by atoms with Crippen LogP contribution in [0.5, 0.6) is 0 Å². The number of halogens is 1. The molecule has 0 bridgehead atoms. The fourth-order valence-corrected chi connectivity index (χ4v) is 3.84. The quantitative estimate of drug-likeness (QED) is 0.828. The van der Waals surface area contributed by atoms with E-state index in [0.717, 1.165) is 38.2 Å². The Hall–Kier alpha value is -1.63. The van der Waals surface area contributed by atoms with Gasteiger partial charge >= 0.3 is 0 Å². The highest BCUT2D eigenvalue weighted by Crippen LogP contribution is 2.25. The van der Waals surface area contributed by atoms with Crippen LogP contribution in [0.15, 0.2) is 18.5 Å². The number of rotatable bonds is 2. The summed E-state index contributed by atoms with van der Waals surface area (Å²) in [4.78, 5) is 32.0. The molecule has 2 aliphatic heterocycles. The SMILES string of the molecule is O=C([C@@H]1CSCN1C(=O)c1cncc(F)c1)N1CCCC1. The van der Waals surface area contributed by atoms with Crippen LogP contribution in [0.25, 0.3) is 0 Å². The largest absolute Gasteiger partial charge is 0.341 e. The Balaban J connectivity index is 1.77. The summed E-state index contributed by atoms with van der Waals surface area (Å²) in [6.07, 6.45) is 4.44. The normalized spacial score (nSPS) is 21.9. The van der Waals surface area contributed by atoms with Crippen LogP contribution in [0.4, 0.5) is 4.39 Å².